The lowest BCUT2D eigenvalue weighted by Gasteiger charge is -2.08. The number of nitrogens with one attached hydrogen (secondary N) is 1. The summed E-state index contributed by atoms with van der Waals surface area (Å²) in [5.41, 5.74) is 1.08. The molecule has 1 aromatic heterocycles. The summed E-state index contributed by atoms with van der Waals surface area (Å²) in [6, 6.07) is 9.77. The first kappa shape index (κ1) is 13.2. The van der Waals surface area contributed by atoms with Crippen LogP contribution in [0.1, 0.15) is 18.2 Å². The zero-order valence-electron chi connectivity index (χ0n) is 10.3. The van der Waals surface area contributed by atoms with Gasteiger partial charge in [0.05, 0.1) is 17.3 Å². The minimum atomic E-state index is 0.514. The molecular weight excluding hydrogens is 294 g/mol. The van der Waals surface area contributed by atoms with Crippen LogP contribution >= 0.6 is 15.9 Å². The van der Waals surface area contributed by atoms with E-state index >= 15 is 0 Å². The van der Waals surface area contributed by atoms with Crippen molar-refractivity contribution in [1.82, 2.24) is 5.32 Å². The standard InChI is InChI=1S/C14H16BrNO2/c1-2-16-9-14-11(7-8-17-14)10-18-13-6-4-3-5-12(13)15/h3-8,16H,2,9-10H2,1H3. The van der Waals surface area contributed by atoms with Gasteiger partial charge in [-0.25, -0.2) is 0 Å². The molecule has 1 aromatic carbocycles. The van der Waals surface area contributed by atoms with Crippen molar-refractivity contribution in [1.29, 1.82) is 0 Å². The SMILES string of the molecule is CCNCc1occc1COc1ccccc1Br. The van der Waals surface area contributed by atoms with Crippen LogP contribution in [0.15, 0.2) is 45.5 Å². The normalized spacial score (nSPS) is 10.6. The van der Waals surface area contributed by atoms with Crippen LogP contribution in [-0.4, -0.2) is 6.54 Å². The van der Waals surface area contributed by atoms with Gasteiger partial charge in [0.2, 0.25) is 0 Å². The molecular formula is C14H16BrNO2. The zero-order chi connectivity index (χ0) is 12.8. The third-order valence-corrected chi connectivity index (χ3v) is 3.25. The molecule has 0 bridgehead atoms. The molecule has 0 aliphatic heterocycles. The van der Waals surface area contributed by atoms with Crippen molar-refractivity contribution in [3.8, 4) is 5.75 Å². The molecule has 18 heavy (non-hydrogen) atoms. The van der Waals surface area contributed by atoms with Gasteiger partial charge in [0, 0.05) is 5.56 Å². The second-order valence-corrected chi connectivity index (χ2v) is 4.72. The van der Waals surface area contributed by atoms with Gasteiger partial charge in [-0.1, -0.05) is 19.1 Å². The lowest BCUT2D eigenvalue weighted by atomic mass is 10.2. The number of hydrogen-bond donors (Lipinski definition) is 1. The van der Waals surface area contributed by atoms with E-state index in [-0.39, 0.29) is 0 Å². The predicted molar refractivity (Wildman–Crippen MR) is 74.6 cm³/mol. The lowest BCUT2D eigenvalue weighted by molar-refractivity contribution is 0.299. The fourth-order valence-corrected chi connectivity index (χ4v) is 2.01. The maximum atomic E-state index is 5.77. The summed E-state index contributed by atoms with van der Waals surface area (Å²) in [6.07, 6.45) is 1.70. The monoisotopic (exact) mass is 309 g/mol. The number of halogens is 1. The zero-order valence-corrected chi connectivity index (χ0v) is 11.9. The van der Waals surface area contributed by atoms with Crippen molar-refractivity contribution >= 4 is 15.9 Å². The van der Waals surface area contributed by atoms with Gasteiger partial charge >= 0.3 is 0 Å². The Kier molecular flexibility index (Phi) is 4.84. The van der Waals surface area contributed by atoms with Gasteiger partial charge in [0.15, 0.2) is 0 Å². The van der Waals surface area contributed by atoms with Gasteiger partial charge in [0.25, 0.3) is 0 Å². The van der Waals surface area contributed by atoms with E-state index in [0.717, 1.165) is 34.6 Å². The average molecular weight is 310 g/mol. The summed E-state index contributed by atoms with van der Waals surface area (Å²) < 4.78 is 12.2. The van der Waals surface area contributed by atoms with Crippen molar-refractivity contribution < 1.29 is 9.15 Å². The molecule has 0 saturated carbocycles. The Morgan fingerprint density at radius 3 is 2.89 bits per heavy atom. The lowest BCUT2D eigenvalue weighted by Crippen LogP contribution is -2.12. The number of benzene rings is 1. The van der Waals surface area contributed by atoms with Crippen molar-refractivity contribution in [3.05, 3.63) is 52.4 Å². The highest BCUT2D eigenvalue weighted by molar-refractivity contribution is 9.10. The molecule has 0 aliphatic rings. The molecule has 3 nitrogen and oxygen atoms in total. The molecule has 0 spiro atoms. The summed E-state index contributed by atoms with van der Waals surface area (Å²) in [5.74, 6) is 1.78. The van der Waals surface area contributed by atoms with Crippen LogP contribution in [0.25, 0.3) is 0 Å². The van der Waals surface area contributed by atoms with Crippen molar-refractivity contribution in [2.75, 3.05) is 6.54 Å². The van der Waals surface area contributed by atoms with Gasteiger partial charge < -0.3 is 14.5 Å². The maximum absolute atomic E-state index is 5.77. The van der Waals surface area contributed by atoms with E-state index < -0.39 is 0 Å². The Morgan fingerprint density at radius 2 is 2.11 bits per heavy atom. The molecule has 0 unspecified atom stereocenters. The molecule has 0 radical (unpaired) electrons. The van der Waals surface area contributed by atoms with Gasteiger partial charge in [-0.05, 0) is 40.7 Å². The van der Waals surface area contributed by atoms with Gasteiger partial charge in [-0.2, -0.15) is 0 Å². The second-order valence-electron chi connectivity index (χ2n) is 3.87. The largest absolute Gasteiger partial charge is 0.488 e. The number of furan rings is 1. The molecule has 0 aliphatic carbocycles. The van der Waals surface area contributed by atoms with E-state index in [1.165, 1.54) is 0 Å². The Balaban J connectivity index is 1.98. The minimum absolute atomic E-state index is 0.514. The third kappa shape index (κ3) is 3.37. The fraction of sp³-hybridized carbons (Fsp3) is 0.286. The fourth-order valence-electron chi connectivity index (χ4n) is 1.61. The van der Waals surface area contributed by atoms with Gasteiger partial charge in [-0.15, -0.1) is 0 Å². The van der Waals surface area contributed by atoms with Gasteiger partial charge in [0.1, 0.15) is 18.1 Å². The molecule has 2 aromatic rings. The molecule has 96 valence electrons. The van der Waals surface area contributed by atoms with Gasteiger partial charge in [-0.3, -0.25) is 0 Å². The highest BCUT2D eigenvalue weighted by Gasteiger charge is 2.07. The molecule has 0 fully saturated rings. The second kappa shape index (κ2) is 6.61. The smallest absolute Gasteiger partial charge is 0.133 e. The maximum Gasteiger partial charge on any atom is 0.133 e. The summed E-state index contributed by atoms with van der Waals surface area (Å²) in [4.78, 5) is 0. The summed E-state index contributed by atoms with van der Waals surface area (Å²) in [6.45, 7) is 4.24. The highest BCUT2D eigenvalue weighted by Crippen LogP contribution is 2.25. The average Bonchev–Trinajstić information content (AvgIpc) is 2.83. The van der Waals surface area contributed by atoms with E-state index in [1.54, 1.807) is 6.26 Å². The van der Waals surface area contributed by atoms with Crippen LogP contribution in [-0.2, 0) is 13.2 Å². The summed E-state index contributed by atoms with van der Waals surface area (Å²) in [5, 5.41) is 3.24. The van der Waals surface area contributed by atoms with Crippen LogP contribution in [0.3, 0.4) is 0 Å². The van der Waals surface area contributed by atoms with Crippen LogP contribution in [0, 0.1) is 0 Å². The Labute approximate surface area is 115 Å². The Morgan fingerprint density at radius 1 is 1.28 bits per heavy atom. The number of rotatable bonds is 6. The first-order chi connectivity index (χ1) is 8.81. The summed E-state index contributed by atoms with van der Waals surface area (Å²) >= 11 is 3.46. The molecule has 1 heterocycles. The molecule has 0 amide bonds. The van der Waals surface area contributed by atoms with E-state index in [4.69, 9.17) is 9.15 Å². The molecule has 0 saturated heterocycles. The Bertz CT molecular complexity index is 496. The Hall–Kier alpha value is -1.26. The predicted octanol–water partition coefficient (Wildman–Crippen LogP) is 3.73. The first-order valence-electron chi connectivity index (χ1n) is 5.94. The van der Waals surface area contributed by atoms with E-state index in [1.807, 2.05) is 30.3 Å². The first-order valence-corrected chi connectivity index (χ1v) is 6.74. The highest BCUT2D eigenvalue weighted by atomic mass is 79.9. The molecule has 0 atom stereocenters. The van der Waals surface area contributed by atoms with Crippen molar-refractivity contribution in [3.63, 3.8) is 0 Å². The van der Waals surface area contributed by atoms with Crippen LogP contribution in [0.4, 0.5) is 0 Å². The topological polar surface area (TPSA) is 34.4 Å². The van der Waals surface area contributed by atoms with E-state index in [2.05, 4.69) is 28.2 Å². The van der Waals surface area contributed by atoms with Crippen molar-refractivity contribution in [2.24, 2.45) is 0 Å². The molecule has 1 N–H and O–H groups in total. The van der Waals surface area contributed by atoms with E-state index in [0.29, 0.717) is 6.61 Å². The minimum Gasteiger partial charge on any atom is -0.488 e. The summed E-state index contributed by atoms with van der Waals surface area (Å²) in [7, 11) is 0. The van der Waals surface area contributed by atoms with E-state index in [9.17, 15) is 0 Å². The third-order valence-electron chi connectivity index (χ3n) is 2.59. The van der Waals surface area contributed by atoms with Crippen molar-refractivity contribution in [2.45, 2.75) is 20.1 Å². The number of ether oxygens (including phenoxy) is 1. The van der Waals surface area contributed by atoms with Crippen LogP contribution in [0.5, 0.6) is 5.75 Å². The molecule has 4 heteroatoms. The number of para-hydroxylation sites is 1. The van der Waals surface area contributed by atoms with Crippen LogP contribution in [0.2, 0.25) is 0 Å². The molecule has 2 rings (SSSR count). The van der Waals surface area contributed by atoms with Crippen LogP contribution < -0.4 is 10.1 Å². The quantitative estimate of drug-likeness (QED) is 0.883. The number of hydrogen-bond acceptors (Lipinski definition) is 3.